The summed E-state index contributed by atoms with van der Waals surface area (Å²) in [4.78, 5) is 11.1. The van der Waals surface area contributed by atoms with Crippen LogP contribution in [0.15, 0.2) is 63.9 Å². The number of sulfonamides is 1. The zero-order valence-electron chi connectivity index (χ0n) is 18.6. The van der Waals surface area contributed by atoms with E-state index in [0.29, 0.717) is 36.7 Å². The highest BCUT2D eigenvalue weighted by Crippen LogP contribution is 2.33. The first-order valence-electron chi connectivity index (χ1n) is 10.5. The second-order valence-electron chi connectivity index (χ2n) is 7.45. The molecule has 1 heterocycles. The van der Waals surface area contributed by atoms with Gasteiger partial charge in [-0.1, -0.05) is 37.6 Å². The van der Waals surface area contributed by atoms with E-state index in [1.165, 1.54) is 10.4 Å². The summed E-state index contributed by atoms with van der Waals surface area (Å²) in [6.45, 7) is 6.81. The van der Waals surface area contributed by atoms with Crippen molar-refractivity contribution in [3.8, 4) is 11.3 Å². The fourth-order valence-electron chi connectivity index (χ4n) is 3.49. The lowest BCUT2D eigenvalue weighted by molar-refractivity contribution is -0.384. The lowest BCUT2D eigenvalue weighted by Crippen LogP contribution is -2.30. The van der Waals surface area contributed by atoms with Gasteiger partial charge >= 0.3 is 0 Å². The van der Waals surface area contributed by atoms with Crippen LogP contribution in [-0.4, -0.2) is 30.7 Å². The van der Waals surface area contributed by atoms with Crippen LogP contribution < -0.4 is 5.32 Å². The summed E-state index contributed by atoms with van der Waals surface area (Å²) < 4.78 is 32.5. The van der Waals surface area contributed by atoms with Gasteiger partial charge in [-0.05, 0) is 48.9 Å². The fourth-order valence-corrected chi connectivity index (χ4v) is 5.12. The first kappa shape index (κ1) is 24.9. The van der Waals surface area contributed by atoms with E-state index in [4.69, 9.17) is 16.0 Å². The van der Waals surface area contributed by atoms with Gasteiger partial charge in [0.2, 0.25) is 10.0 Å². The molecule has 0 aliphatic carbocycles. The van der Waals surface area contributed by atoms with E-state index in [1.54, 1.807) is 48.5 Å². The molecule has 1 N–H and O–H groups in total. The molecule has 1 atom stereocenters. The molecule has 0 amide bonds. The number of rotatable bonds is 10. The number of furan rings is 1. The maximum atomic E-state index is 12.6. The van der Waals surface area contributed by atoms with Crippen LogP contribution in [0.4, 0.5) is 5.69 Å². The van der Waals surface area contributed by atoms with Crippen LogP contribution in [0.2, 0.25) is 5.02 Å². The second kappa shape index (κ2) is 10.5. The fraction of sp³-hybridized carbons (Fsp3) is 0.304. The van der Waals surface area contributed by atoms with Crippen LogP contribution in [0.1, 0.15) is 38.1 Å². The Morgan fingerprint density at radius 2 is 1.76 bits per heavy atom. The summed E-state index contributed by atoms with van der Waals surface area (Å²) in [5.74, 6) is 0.996. The van der Waals surface area contributed by atoms with Gasteiger partial charge in [-0.25, -0.2) is 8.42 Å². The topological polar surface area (TPSA) is 106 Å². The summed E-state index contributed by atoms with van der Waals surface area (Å²) in [6, 6.07) is 14.6. The van der Waals surface area contributed by atoms with Crippen LogP contribution in [-0.2, 0) is 16.6 Å². The first-order chi connectivity index (χ1) is 15.7. The van der Waals surface area contributed by atoms with Gasteiger partial charge in [0.1, 0.15) is 11.5 Å². The van der Waals surface area contributed by atoms with E-state index in [1.807, 2.05) is 20.8 Å². The highest BCUT2D eigenvalue weighted by Gasteiger charge is 2.22. The second-order valence-corrected chi connectivity index (χ2v) is 9.82. The zero-order chi connectivity index (χ0) is 24.2. The highest BCUT2D eigenvalue weighted by molar-refractivity contribution is 7.89. The molecule has 2 aromatic carbocycles. The minimum atomic E-state index is -3.49. The molecule has 0 aliphatic heterocycles. The largest absolute Gasteiger partial charge is 0.459 e. The Morgan fingerprint density at radius 3 is 2.36 bits per heavy atom. The van der Waals surface area contributed by atoms with Gasteiger partial charge in [-0.3, -0.25) is 10.1 Å². The van der Waals surface area contributed by atoms with E-state index in [0.717, 1.165) is 5.56 Å². The van der Waals surface area contributed by atoms with Crippen molar-refractivity contribution in [1.29, 1.82) is 0 Å². The average Bonchev–Trinajstić information content (AvgIpc) is 3.27. The Hall–Kier alpha value is -2.72. The number of nitrogens with one attached hydrogen (secondary N) is 1. The molecule has 8 nitrogen and oxygen atoms in total. The summed E-state index contributed by atoms with van der Waals surface area (Å²) >= 11 is 5.88. The number of nitrogens with zero attached hydrogens (tertiary/aromatic N) is 2. The number of benzene rings is 2. The Bertz CT molecular complexity index is 1220. The molecule has 1 aromatic heterocycles. The van der Waals surface area contributed by atoms with Crippen molar-refractivity contribution in [2.45, 2.75) is 38.3 Å². The molecule has 0 saturated heterocycles. The molecule has 0 bridgehead atoms. The van der Waals surface area contributed by atoms with Crippen molar-refractivity contribution in [2.24, 2.45) is 0 Å². The van der Waals surface area contributed by atoms with Crippen LogP contribution in [0, 0.1) is 10.1 Å². The lowest BCUT2D eigenvalue weighted by atomic mass is 10.1. The number of nitro benzene ring substituents is 1. The molecule has 0 aliphatic rings. The van der Waals surface area contributed by atoms with E-state index in [2.05, 4.69) is 5.32 Å². The van der Waals surface area contributed by atoms with Gasteiger partial charge in [0.15, 0.2) is 0 Å². The smallest absolute Gasteiger partial charge is 0.281 e. The van der Waals surface area contributed by atoms with Gasteiger partial charge in [0.25, 0.3) is 5.69 Å². The maximum absolute atomic E-state index is 12.6. The molecule has 3 aromatic rings. The van der Waals surface area contributed by atoms with Crippen molar-refractivity contribution in [3.63, 3.8) is 0 Å². The number of nitro groups is 1. The predicted molar refractivity (Wildman–Crippen MR) is 128 cm³/mol. The highest BCUT2D eigenvalue weighted by atomic mass is 35.5. The van der Waals surface area contributed by atoms with Crippen LogP contribution in [0.5, 0.6) is 0 Å². The van der Waals surface area contributed by atoms with Crippen LogP contribution in [0.3, 0.4) is 0 Å². The monoisotopic (exact) mass is 491 g/mol. The quantitative estimate of drug-likeness (QED) is 0.301. The summed E-state index contributed by atoms with van der Waals surface area (Å²) in [5.41, 5.74) is 1.16. The van der Waals surface area contributed by atoms with Crippen molar-refractivity contribution in [2.75, 3.05) is 13.1 Å². The number of hydrogen-bond donors (Lipinski definition) is 1. The Balaban J connectivity index is 1.68. The molecule has 3 rings (SSSR count). The molecule has 33 heavy (non-hydrogen) atoms. The minimum absolute atomic E-state index is 0.0753. The van der Waals surface area contributed by atoms with Crippen LogP contribution >= 0.6 is 11.6 Å². The standard InChI is InChI=1S/C23H26ClN3O5S/c1-4-26(5-2)33(30,31)20-10-6-17(7-11-20)16(3)25-15-19-9-13-23(32-19)21-12-8-18(24)14-22(21)27(28)29/h6-14,16,25H,4-5,15H2,1-3H3. The first-order valence-corrected chi connectivity index (χ1v) is 12.4. The third kappa shape index (κ3) is 5.62. The van der Waals surface area contributed by atoms with E-state index >= 15 is 0 Å². The van der Waals surface area contributed by atoms with E-state index < -0.39 is 14.9 Å². The van der Waals surface area contributed by atoms with Crippen molar-refractivity contribution < 1.29 is 17.8 Å². The molecule has 0 saturated carbocycles. The summed E-state index contributed by atoms with van der Waals surface area (Å²) in [5, 5.41) is 14.9. The predicted octanol–water partition coefficient (Wildman–Crippen LogP) is 5.39. The summed E-state index contributed by atoms with van der Waals surface area (Å²) in [7, 11) is -3.49. The normalized spacial score (nSPS) is 12.8. The average molecular weight is 492 g/mol. The Kier molecular flexibility index (Phi) is 7.91. The third-order valence-corrected chi connectivity index (χ3v) is 7.69. The number of hydrogen-bond acceptors (Lipinski definition) is 6. The number of halogens is 1. The van der Waals surface area contributed by atoms with E-state index in [9.17, 15) is 18.5 Å². The van der Waals surface area contributed by atoms with Crippen molar-refractivity contribution in [3.05, 3.63) is 81.1 Å². The Labute approximate surface area is 198 Å². The van der Waals surface area contributed by atoms with Gasteiger partial charge in [0.05, 0.1) is 21.9 Å². The molecule has 1 unspecified atom stereocenters. The molecule has 10 heteroatoms. The molecular formula is C23H26ClN3O5S. The molecule has 0 fully saturated rings. The van der Waals surface area contributed by atoms with Crippen molar-refractivity contribution >= 4 is 27.3 Å². The van der Waals surface area contributed by atoms with Gasteiger partial charge < -0.3 is 9.73 Å². The molecular weight excluding hydrogens is 466 g/mol. The maximum Gasteiger partial charge on any atom is 0.281 e. The minimum Gasteiger partial charge on any atom is -0.459 e. The van der Waals surface area contributed by atoms with E-state index in [-0.39, 0.29) is 21.6 Å². The van der Waals surface area contributed by atoms with Gasteiger partial charge in [0, 0.05) is 30.2 Å². The van der Waals surface area contributed by atoms with Crippen LogP contribution in [0.25, 0.3) is 11.3 Å². The molecule has 176 valence electrons. The van der Waals surface area contributed by atoms with Crippen molar-refractivity contribution in [1.82, 2.24) is 9.62 Å². The van der Waals surface area contributed by atoms with Gasteiger partial charge in [-0.2, -0.15) is 4.31 Å². The SMILES string of the molecule is CCN(CC)S(=O)(=O)c1ccc(C(C)NCc2ccc(-c3ccc(Cl)cc3[N+](=O)[O-])o2)cc1. The lowest BCUT2D eigenvalue weighted by Gasteiger charge is -2.19. The summed E-state index contributed by atoms with van der Waals surface area (Å²) in [6.07, 6.45) is 0. The van der Waals surface area contributed by atoms with Gasteiger partial charge in [-0.15, -0.1) is 0 Å². The zero-order valence-corrected chi connectivity index (χ0v) is 20.2. The molecule has 0 spiro atoms. The molecule has 0 radical (unpaired) electrons. The Morgan fingerprint density at radius 1 is 1.09 bits per heavy atom. The third-order valence-electron chi connectivity index (χ3n) is 5.39.